The standard InChI is InChI=1S/C18H19ClO2/c1-18(20,14-6-8-15(19)9-7-14)12-17-16-5-3-2-4-13(16)10-11-21-17/h2-9,17,20H,10-12H2,1H3. The van der Waals surface area contributed by atoms with Gasteiger partial charge < -0.3 is 9.84 Å². The average Bonchev–Trinajstić information content (AvgIpc) is 2.48. The number of rotatable bonds is 3. The van der Waals surface area contributed by atoms with E-state index in [1.165, 1.54) is 11.1 Å². The lowest BCUT2D eigenvalue weighted by molar-refractivity contribution is -0.0398. The molecule has 21 heavy (non-hydrogen) atoms. The molecule has 1 aliphatic heterocycles. The predicted molar refractivity (Wildman–Crippen MR) is 84.5 cm³/mol. The van der Waals surface area contributed by atoms with Crippen molar-refractivity contribution in [3.8, 4) is 0 Å². The largest absolute Gasteiger partial charge is 0.385 e. The van der Waals surface area contributed by atoms with Gasteiger partial charge in [0.2, 0.25) is 0 Å². The number of halogens is 1. The summed E-state index contributed by atoms with van der Waals surface area (Å²) in [7, 11) is 0. The fourth-order valence-corrected chi connectivity index (χ4v) is 3.06. The van der Waals surface area contributed by atoms with Gasteiger partial charge in [-0.25, -0.2) is 0 Å². The lowest BCUT2D eigenvalue weighted by Gasteiger charge is -2.32. The fourth-order valence-electron chi connectivity index (χ4n) is 2.93. The normalized spacial score (nSPS) is 20.6. The van der Waals surface area contributed by atoms with Crippen LogP contribution >= 0.6 is 11.6 Å². The van der Waals surface area contributed by atoms with Crippen LogP contribution in [-0.2, 0) is 16.8 Å². The van der Waals surface area contributed by atoms with Crippen molar-refractivity contribution in [2.45, 2.75) is 31.5 Å². The van der Waals surface area contributed by atoms with Crippen molar-refractivity contribution in [1.82, 2.24) is 0 Å². The minimum atomic E-state index is -0.945. The van der Waals surface area contributed by atoms with Crippen molar-refractivity contribution in [3.63, 3.8) is 0 Å². The van der Waals surface area contributed by atoms with Crippen molar-refractivity contribution in [2.24, 2.45) is 0 Å². The molecule has 3 rings (SSSR count). The van der Waals surface area contributed by atoms with Gasteiger partial charge in [-0.05, 0) is 42.2 Å². The molecule has 1 aliphatic rings. The molecule has 0 aliphatic carbocycles. The van der Waals surface area contributed by atoms with Crippen LogP contribution in [0, 0.1) is 0 Å². The molecule has 2 aromatic rings. The maximum absolute atomic E-state index is 10.8. The quantitative estimate of drug-likeness (QED) is 0.918. The van der Waals surface area contributed by atoms with Gasteiger partial charge >= 0.3 is 0 Å². The Bertz CT molecular complexity index is 619. The lowest BCUT2D eigenvalue weighted by atomic mass is 9.85. The zero-order valence-electron chi connectivity index (χ0n) is 12.1. The molecule has 1 N–H and O–H groups in total. The van der Waals surface area contributed by atoms with E-state index in [2.05, 4.69) is 18.2 Å². The summed E-state index contributed by atoms with van der Waals surface area (Å²) in [6.07, 6.45) is 1.40. The van der Waals surface area contributed by atoms with Gasteiger partial charge in [-0.3, -0.25) is 0 Å². The molecule has 2 nitrogen and oxygen atoms in total. The Labute approximate surface area is 130 Å². The Hall–Kier alpha value is -1.35. The number of fused-ring (bicyclic) bond motifs is 1. The van der Waals surface area contributed by atoms with Crippen molar-refractivity contribution in [1.29, 1.82) is 0 Å². The molecule has 0 saturated heterocycles. The van der Waals surface area contributed by atoms with Crippen LogP contribution in [0.2, 0.25) is 5.02 Å². The molecule has 0 amide bonds. The molecule has 3 heteroatoms. The Kier molecular flexibility index (Phi) is 4.03. The molecule has 0 saturated carbocycles. The molecule has 0 bridgehead atoms. The molecule has 2 unspecified atom stereocenters. The summed E-state index contributed by atoms with van der Waals surface area (Å²) < 4.78 is 5.90. The molecule has 0 aromatic heterocycles. The van der Waals surface area contributed by atoms with E-state index in [0.717, 1.165) is 12.0 Å². The van der Waals surface area contributed by atoms with Crippen LogP contribution in [0.4, 0.5) is 0 Å². The van der Waals surface area contributed by atoms with Crippen LogP contribution in [0.3, 0.4) is 0 Å². The van der Waals surface area contributed by atoms with Gasteiger partial charge in [0, 0.05) is 11.4 Å². The maximum Gasteiger partial charge on any atom is 0.0896 e. The number of benzene rings is 2. The molecule has 0 spiro atoms. The molecular weight excluding hydrogens is 284 g/mol. The molecule has 2 atom stereocenters. The molecule has 0 fully saturated rings. The molecule has 1 heterocycles. The summed E-state index contributed by atoms with van der Waals surface area (Å²) in [5.41, 5.74) is 2.43. The van der Waals surface area contributed by atoms with Crippen molar-refractivity contribution >= 4 is 11.6 Å². The minimum Gasteiger partial charge on any atom is -0.385 e. The van der Waals surface area contributed by atoms with Gasteiger partial charge in [0.05, 0.1) is 18.3 Å². The van der Waals surface area contributed by atoms with Crippen molar-refractivity contribution in [3.05, 3.63) is 70.2 Å². The van der Waals surface area contributed by atoms with Crippen LogP contribution in [0.25, 0.3) is 0 Å². The zero-order valence-corrected chi connectivity index (χ0v) is 12.8. The van der Waals surface area contributed by atoms with Gasteiger partial charge in [0.1, 0.15) is 0 Å². The van der Waals surface area contributed by atoms with Gasteiger partial charge in [0.25, 0.3) is 0 Å². The van der Waals surface area contributed by atoms with E-state index in [-0.39, 0.29) is 6.10 Å². The SMILES string of the molecule is CC(O)(CC1OCCc2ccccc21)c1ccc(Cl)cc1. The van der Waals surface area contributed by atoms with E-state index in [1.54, 1.807) is 12.1 Å². The van der Waals surface area contributed by atoms with E-state index >= 15 is 0 Å². The van der Waals surface area contributed by atoms with Gasteiger partial charge in [-0.1, -0.05) is 48.0 Å². The van der Waals surface area contributed by atoms with E-state index < -0.39 is 5.60 Å². The summed E-state index contributed by atoms with van der Waals surface area (Å²) in [6, 6.07) is 15.7. The second-order valence-corrected chi connectivity index (χ2v) is 6.23. The first kappa shape index (κ1) is 14.6. The first-order chi connectivity index (χ1) is 10.1. The lowest BCUT2D eigenvalue weighted by Crippen LogP contribution is -2.28. The molecule has 110 valence electrons. The van der Waals surface area contributed by atoms with Crippen LogP contribution < -0.4 is 0 Å². The summed E-state index contributed by atoms with van der Waals surface area (Å²) >= 11 is 5.91. The highest BCUT2D eigenvalue weighted by Crippen LogP contribution is 2.37. The Morgan fingerprint density at radius 1 is 1.19 bits per heavy atom. The Balaban J connectivity index is 1.84. The van der Waals surface area contributed by atoms with E-state index in [1.807, 2.05) is 25.1 Å². The maximum atomic E-state index is 10.8. The second kappa shape index (κ2) is 5.80. The second-order valence-electron chi connectivity index (χ2n) is 5.79. The van der Waals surface area contributed by atoms with Crippen molar-refractivity contribution in [2.75, 3.05) is 6.61 Å². The highest BCUT2D eigenvalue weighted by atomic mass is 35.5. The van der Waals surface area contributed by atoms with Gasteiger partial charge in [-0.15, -0.1) is 0 Å². The molecule has 0 radical (unpaired) electrons. The topological polar surface area (TPSA) is 29.5 Å². The summed E-state index contributed by atoms with van der Waals surface area (Å²) in [5, 5.41) is 11.5. The van der Waals surface area contributed by atoms with Crippen LogP contribution in [-0.4, -0.2) is 11.7 Å². The van der Waals surface area contributed by atoms with Gasteiger partial charge in [-0.2, -0.15) is 0 Å². The zero-order chi connectivity index (χ0) is 14.9. The highest BCUT2D eigenvalue weighted by Gasteiger charge is 2.31. The Morgan fingerprint density at radius 3 is 2.67 bits per heavy atom. The average molecular weight is 303 g/mol. The fraction of sp³-hybridized carbons (Fsp3) is 0.333. The summed E-state index contributed by atoms with van der Waals surface area (Å²) in [6.45, 7) is 2.54. The van der Waals surface area contributed by atoms with Crippen LogP contribution in [0.15, 0.2) is 48.5 Å². The van der Waals surface area contributed by atoms with E-state index in [4.69, 9.17) is 16.3 Å². The molecular formula is C18H19ClO2. The van der Waals surface area contributed by atoms with Crippen LogP contribution in [0.1, 0.15) is 36.1 Å². The Morgan fingerprint density at radius 2 is 1.90 bits per heavy atom. The molecule has 2 aromatic carbocycles. The monoisotopic (exact) mass is 302 g/mol. The van der Waals surface area contributed by atoms with Crippen LogP contribution in [0.5, 0.6) is 0 Å². The highest BCUT2D eigenvalue weighted by molar-refractivity contribution is 6.30. The first-order valence-electron chi connectivity index (χ1n) is 7.24. The van der Waals surface area contributed by atoms with E-state index in [9.17, 15) is 5.11 Å². The minimum absolute atomic E-state index is 0.0689. The smallest absolute Gasteiger partial charge is 0.0896 e. The predicted octanol–water partition coefficient (Wildman–Crippen LogP) is 4.25. The van der Waals surface area contributed by atoms with E-state index in [0.29, 0.717) is 18.1 Å². The van der Waals surface area contributed by atoms with Crippen molar-refractivity contribution < 1.29 is 9.84 Å². The first-order valence-corrected chi connectivity index (χ1v) is 7.62. The van der Waals surface area contributed by atoms with Gasteiger partial charge in [0.15, 0.2) is 0 Å². The number of aliphatic hydroxyl groups is 1. The number of hydrogen-bond donors (Lipinski definition) is 1. The third-order valence-corrected chi connectivity index (χ3v) is 4.39. The number of ether oxygens (including phenoxy) is 1. The number of hydrogen-bond acceptors (Lipinski definition) is 2. The summed E-state index contributed by atoms with van der Waals surface area (Å²) in [5.74, 6) is 0. The summed E-state index contributed by atoms with van der Waals surface area (Å²) in [4.78, 5) is 0. The third-order valence-electron chi connectivity index (χ3n) is 4.14. The third kappa shape index (κ3) is 3.13.